The fourth-order valence-corrected chi connectivity index (χ4v) is 2.22. The number of hydrogen-bond acceptors (Lipinski definition) is 4. The first-order valence-corrected chi connectivity index (χ1v) is 6.52. The number of rotatable bonds is 2. The highest BCUT2D eigenvalue weighted by Gasteiger charge is 2.37. The first-order valence-electron chi connectivity index (χ1n) is 5.76. The predicted molar refractivity (Wildman–Crippen MR) is 72.3 cm³/mol. The highest BCUT2D eigenvalue weighted by Crippen LogP contribution is 2.30. The van der Waals surface area contributed by atoms with E-state index in [9.17, 15) is 13.2 Å². The van der Waals surface area contributed by atoms with Crippen molar-refractivity contribution in [3.8, 4) is 11.6 Å². The lowest BCUT2D eigenvalue weighted by Crippen LogP contribution is -2.12. The van der Waals surface area contributed by atoms with Gasteiger partial charge in [0.2, 0.25) is 5.88 Å². The minimum atomic E-state index is -4.68. The van der Waals surface area contributed by atoms with Crippen molar-refractivity contribution in [2.45, 2.75) is 6.18 Å². The second-order valence-electron chi connectivity index (χ2n) is 4.17. The molecule has 0 unspecified atom stereocenters. The van der Waals surface area contributed by atoms with Gasteiger partial charge in [-0.25, -0.2) is 0 Å². The molecule has 2 heterocycles. The van der Waals surface area contributed by atoms with Crippen molar-refractivity contribution in [3.05, 3.63) is 46.2 Å². The molecule has 0 spiro atoms. The lowest BCUT2D eigenvalue weighted by molar-refractivity contribution is -0.146. The number of hydrogen-bond donors (Lipinski definition) is 0. The van der Waals surface area contributed by atoms with Crippen LogP contribution in [-0.2, 0) is 6.18 Å². The van der Waals surface area contributed by atoms with Crippen LogP contribution in [0.15, 0.2) is 30.3 Å². The summed E-state index contributed by atoms with van der Waals surface area (Å²) in [6.45, 7) is 0. The van der Waals surface area contributed by atoms with Gasteiger partial charge in [0.15, 0.2) is 5.65 Å². The molecule has 0 aliphatic carbocycles. The van der Waals surface area contributed by atoms with E-state index in [4.69, 9.17) is 27.9 Å². The van der Waals surface area contributed by atoms with Gasteiger partial charge in [-0.2, -0.15) is 17.7 Å². The van der Waals surface area contributed by atoms with Crippen LogP contribution in [-0.4, -0.2) is 19.8 Å². The van der Waals surface area contributed by atoms with Crippen LogP contribution in [0.2, 0.25) is 10.0 Å². The third kappa shape index (κ3) is 2.93. The number of nitrogens with zero attached hydrogens (tertiary/aromatic N) is 4. The molecule has 0 bridgehead atoms. The Bertz CT molecular complexity index is 830. The molecule has 0 N–H and O–H groups in total. The van der Waals surface area contributed by atoms with E-state index >= 15 is 0 Å². The topological polar surface area (TPSA) is 52.3 Å². The van der Waals surface area contributed by atoms with E-state index in [1.165, 1.54) is 30.3 Å². The number of aromatic nitrogens is 4. The summed E-state index contributed by atoms with van der Waals surface area (Å²) in [4.78, 5) is 0. The molecule has 0 saturated carbocycles. The van der Waals surface area contributed by atoms with E-state index in [1.807, 2.05) is 0 Å². The van der Waals surface area contributed by atoms with Gasteiger partial charge in [-0.15, -0.1) is 15.3 Å². The van der Waals surface area contributed by atoms with Crippen LogP contribution in [0.25, 0.3) is 5.65 Å². The molecule has 0 amide bonds. The van der Waals surface area contributed by atoms with Gasteiger partial charge in [0.25, 0.3) is 5.82 Å². The Hall–Kier alpha value is -2.06. The number of halogens is 5. The smallest absolute Gasteiger partial charge is 0.437 e. The van der Waals surface area contributed by atoms with Gasteiger partial charge in [-0.05, 0) is 24.3 Å². The van der Waals surface area contributed by atoms with E-state index < -0.39 is 12.0 Å². The summed E-state index contributed by atoms with van der Waals surface area (Å²) >= 11 is 11.6. The lowest BCUT2D eigenvalue weighted by Gasteiger charge is -2.07. The van der Waals surface area contributed by atoms with Crippen LogP contribution < -0.4 is 4.74 Å². The zero-order valence-electron chi connectivity index (χ0n) is 10.5. The van der Waals surface area contributed by atoms with Crippen LogP contribution in [0.4, 0.5) is 13.2 Å². The lowest BCUT2D eigenvalue weighted by atomic mass is 10.3. The molecule has 10 heteroatoms. The first kappa shape index (κ1) is 14.9. The molecule has 3 rings (SSSR count). The van der Waals surface area contributed by atoms with Crippen molar-refractivity contribution in [2.24, 2.45) is 0 Å². The molecule has 0 aliphatic heterocycles. The average Bonchev–Trinajstić information content (AvgIpc) is 2.80. The summed E-state index contributed by atoms with van der Waals surface area (Å²) in [5, 5.41) is 10.8. The van der Waals surface area contributed by atoms with Crippen molar-refractivity contribution in [2.75, 3.05) is 0 Å². The van der Waals surface area contributed by atoms with Crippen molar-refractivity contribution < 1.29 is 17.9 Å². The molecule has 0 aliphatic rings. The maximum Gasteiger partial charge on any atom is 0.453 e. The standard InChI is InChI=1S/C12H5Cl2F3N4O/c13-6-3-7(14)5-8(4-6)22-10-2-1-9-18-19-11(12(15,16)17)21(9)20-10/h1-5H. The van der Waals surface area contributed by atoms with E-state index in [0.717, 1.165) is 0 Å². The molecule has 1 aromatic carbocycles. The SMILES string of the molecule is FC(F)(F)c1nnc2ccc(Oc3cc(Cl)cc(Cl)c3)nn12. The van der Waals surface area contributed by atoms with Crippen molar-refractivity contribution in [1.82, 2.24) is 19.8 Å². The average molecular weight is 349 g/mol. The van der Waals surface area contributed by atoms with Gasteiger partial charge in [-0.3, -0.25) is 0 Å². The summed E-state index contributed by atoms with van der Waals surface area (Å²) in [6.07, 6.45) is -4.68. The molecule has 3 aromatic rings. The summed E-state index contributed by atoms with van der Waals surface area (Å²) < 4.78 is 44.2. The molecule has 5 nitrogen and oxygen atoms in total. The molecular weight excluding hydrogens is 344 g/mol. The molecule has 0 saturated heterocycles. The van der Waals surface area contributed by atoms with E-state index in [-0.39, 0.29) is 17.3 Å². The monoisotopic (exact) mass is 348 g/mol. The Morgan fingerprint density at radius 1 is 1.00 bits per heavy atom. The van der Waals surface area contributed by atoms with Gasteiger partial charge in [-0.1, -0.05) is 23.2 Å². The van der Waals surface area contributed by atoms with E-state index in [0.29, 0.717) is 14.6 Å². The number of benzene rings is 1. The number of ether oxygens (including phenoxy) is 1. The third-order valence-corrected chi connectivity index (χ3v) is 2.99. The Labute approximate surface area is 131 Å². The Kier molecular flexibility index (Phi) is 3.57. The summed E-state index contributed by atoms with van der Waals surface area (Å²) in [6, 6.07) is 7.07. The first-order chi connectivity index (χ1) is 10.3. The maximum atomic E-state index is 12.8. The zero-order chi connectivity index (χ0) is 15.9. The minimum Gasteiger partial charge on any atom is -0.437 e. The van der Waals surface area contributed by atoms with Crippen molar-refractivity contribution in [1.29, 1.82) is 0 Å². The van der Waals surface area contributed by atoms with Crippen LogP contribution in [0, 0.1) is 0 Å². The van der Waals surface area contributed by atoms with Crippen LogP contribution in [0.3, 0.4) is 0 Å². The van der Waals surface area contributed by atoms with Gasteiger partial charge in [0.1, 0.15) is 5.75 Å². The van der Waals surface area contributed by atoms with Gasteiger partial charge in [0, 0.05) is 16.1 Å². The second kappa shape index (κ2) is 5.29. The molecule has 0 atom stereocenters. The Balaban J connectivity index is 2.01. The van der Waals surface area contributed by atoms with Crippen LogP contribution >= 0.6 is 23.2 Å². The molecule has 0 radical (unpaired) electrons. The molecule has 114 valence electrons. The van der Waals surface area contributed by atoms with Gasteiger partial charge >= 0.3 is 6.18 Å². The molecular formula is C12H5Cl2F3N4O. The minimum absolute atomic E-state index is 0.0520. The summed E-state index contributed by atoms with van der Waals surface area (Å²) in [7, 11) is 0. The maximum absolute atomic E-state index is 12.8. The second-order valence-corrected chi connectivity index (χ2v) is 5.04. The summed E-state index contributed by atoms with van der Waals surface area (Å²) in [5.41, 5.74) is -0.0520. The molecule has 22 heavy (non-hydrogen) atoms. The molecule has 2 aromatic heterocycles. The van der Waals surface area contributed by atoms with Crippen LogP contribution in [0.5, 0.6) is 11.6 Å². The van der Waals surface area contributed by atoms with Crippen LogP contribution in [0.1, 0.15) is 5.82 Å². The normalized spacial score (nSPS) is 11.9. The quantitative estimate of drug-likeness (QED) is 0.694. The Morgan fingerprint density at radius 2 is 1.68 bits per heavy atom. The summed E-state index contributed by atoms with van der Waals surface area (Å²) in [5.74, 6) is -1.08. The number of fused-ring (bicyclic) bond motifs is 1. The van der Waals surface area contributed by atoms with Crippen molar-refractivity contribution >= 4 is 28.8 Å². The Morgan fingerprint density at radius 3 is 2.32 bits per heavy atom. The van der Waals surface area contributed by atoms with Gasteiger partial charge < -0.3 is 4.74 Å². The number of alkyl halides is 3. The highest BCUT2D eigenvalue weighted by atomic mass is 35.5. The largest absolute Gasteiger partial charge is 0.453 e. The zero-order valence-corrected chi connectivity index (χ0v) is 12.0. The van der Waals surface area contributed by atoms with Gasteiger partial charge in [0.05, 0.1) is 0 Å². The fraction of sp³-hybridized carbons (Fsp3) is 0.0833. The van der Waals surface area contributed by atoms with E-state index in [2.05, 4.69) is 15.3 Å². The van der Waals surface area contributed by atoms with E-state index in [1.54, 1.807) is 0 Å². The van der Waals surface area contributed by atoms with Crippen molar-refractivity contribution in [3.63, 3.8) is 0 Å². The predicted octanol–water partition coefficient (Wildman–Crippen LogP) is 4.24. The molecule has 0 fully saturated rings. The highest BCUT2D eigenvalue weighted by molar-refractivity contribution is 6.34. The fourth-order valence-electron chi connectivity index (χ4n) is 1.71. The third-order valence-electron chi connectivity index (χ3n) is 2.55.